The van der Waals surface area contributed by atoms with Crippen molar-refractivity contribution >= 4 is 27.5 Å². The summed E-state index contributed by atoms with van der Waals surface area (Å²) in [7, 11) is -3.62. The van der Waals surface area contributed by atoms with Crippen molar-refractivity contribution in [2.45, 2.75) is 77.4 Å². The molecule has 4 rings (SSSR count). The molecule has 9 nitrogen and oxygen atoms in total. The van der Waals surface area contributed by atoms with Crippen molar-refractivity contribution in [3.63, 3.8) is 0 Å². The van der Waals surface area contributed by atoms with Gasteiger partial charge in [0, 0.05) is 31.6 Å². The first-order chi connectivity index (χ1) is 19.1. The molecule has 1 aliphatic heterocycles. The summed E-state index contributed by atoms with van der Waals surface area (Å²) in [5.41, 5.74) is 2.47. The van der Waals surface area contributed by atoms with Crippen LogP contribution in [0.25, 0.3) is 0 Å². The zero-order chi connectivity index (χ0) is 28.7. The van der Waals surface area contributed by atoms with E-state index in [0.717, 1.165) is 43.1 Å². The summed E-state index contributed by atoms with van der Waals surface area (Å²) < 4.78 is 37.8. The molecule has 1 atom stereocenters. The zero-order valence-corrected chi connectivity index (χ0v) is 24.5. The number of nitrogens with zero attached hydrogens (tertiary/aromatic N) is 2. The van der Waals surface area contributed by atoms with Gasteiger partial charge in [-0.1, -0.05) is 43.5 Å². The maximum atomic E-state index is 13.6. The number of nitrogens with one attached hydrogen (secondary N) is 1. The van der Waals surface area contributed by atoms with Crippen LogP contribution in [0.3, 0.4) is 0 Å². The van der Waals surface area contributed by atoms with Crippen molar-refractivity contribution in [2.24, 2.45) is 0 Å². The maximum absolute atomic E-state index is 13.6. The molecule has 2 aromatic rings. The summed E-state index contributed by atoms with van der Waals surface area (Å²) in [5.74, 6) is 0.731. The van der Waals surface area contributed by atoms with Gasteiger partial charge in [0.2, 0.25) is 21.8 Å². The van der Waals surface area contributed by atoms with Gasteiger partial charge in [-0.25, -0.2) is 8.42 Å². The number of sulfonamides is 1. The number of benzene rings is 2. The summed E-state index contributed by atoms with van der Waals surface area (Å²) in [6.45, 7) is 5.02. The van der Waals surface area contributed by atoms with Gasteiger partial charge in [0.25, 0.3) is 0 Å². The van der Waals surface area contributed by atoms with Crippen LogP contribution in [0.15, 0.2) is 42.5 Å². The van der Waals surface area contributed by atoms with E-state index in [1.54, 1.807) is 30.0 Å². The fourth-order valence-electron chi connectivity index (χ4n) is 5.31. The van der Waals surface area contributed by atoms with Crippen molar-refractivity contribution in [1.29, 1.82) is 0 Å². The summed E-state index contributed by atoms with van der Waals surface area (Å²) >= 11 is 0. The zero-order valence-electron chi connectivity index (χ0n) is 23.7. The summed E-state index contributed by atoms with van der Waals surface area (Å²) in [5, 5.41) is 3.15. The van der Waals surface area contributed by atoms with Crippen LogP contribution >= 0.6 is 0 Å². The summed E-state index contributed by atoms with van der Waals surface area (Å²) in [6.07, 6.45) is 6.86. The maximum Gasteiger partial charge on any atom is 0.242 e. The molecule has 1 heterocycles. The van der Waals surface area contributed by atoms with Gasteiger partial charge in [0.1, 0.15) is 19.3 Å². The second-order valence-corrected chi connectivity index (χ2v) is 12.6. The number of hydrogen-bond acceptors (Lipinski definition) is 6. The van der Waals surface area contributed by atoms with E-state index in [2.05, 4.69) is 5.32 Å². The lowest BCUT2D eigenvalue weighted by molar-refractivity contribution is -0.141. The number of fused-ring (bicyclic) bond motifs is 1. The third-order valence-corrected chi connectivity index (χ3v) is 8.88. The first-order valence-electron chi connectivity index (χ1n) is 14.1. The van der Waals surface area contributed by atoms with Gasteiger partial charge in [-0.2, -0.15) is 0 Å². The van der Waals surface area contributed by atoms with E-state index in [4.69, 9.17) is 9.47 Å². The molecule has 0 spiro atoms. The summed E-state index contributed by atoms with van der Waals surface area (Å²) in [4.78, 5) is 28.5. The lowest BCUT2D eigenvalue weighted by Crippen LogP contribution is -2.50. The Morgan fingerprint density at radius 1 is 1.02 bits per heavy atom. The topological polar surface area (TPSA) is 105 Å². The molecule has 0 unspecified atom stereocenters. The van der Waals surface area contributed by atoms with Crippen molar-refractivity contribution in [3.05, 3.63) is 53.6 Å². The normalized spacial score (nSPS) is 16.2. The number of anilines is 1. The molecule has 0 radical (unpaired) electrons. The average Bonchev–Trinajstić information content (AvgIpc) is 2.94. The fraction of sp³-hybridized carbons (Fsp3) is 0.533. The predicted octanol–water partition coefficient (Wildman–Crippen LogP) is 4.18. The Labute approximate surface area is 237 Å². The lowest BCUT2D eigenvalue weighted by Gasteiger charge is -2.32. The van der Waals surface area contributed by atoms with Gasteiger partial charge in [-0.15, -0.1) is 0 Å². The van der Waals surface area contributed by atoms with Crippen LogP contribution in [0.2, 0.25) is 0 Å². The molecule has 1 fully saturated rings. The van der Waals surface area contributed by atoms with Gasteiger partial charge in [0.05, 0.1) is 11.9 Å². The van der Waals surface area contributed by atoms with Crippen LogP contribution in [0.1, 0.15) is 63.0 Å². The number of ether oxygens (including phenoxy) is 2. The Bertz CT molecular complexity index is 1290. The highest BCUT2D eigenvalue weighted by atomic mass is 32.2. The van der Waals surface area contributed by atoms with Crippen LogP contribution in [0, 0.1) is 6.92 Å². The van der Waals surface area contributed by atoms with Crippen molar-refractivity contribution in [3.8, 4) is 11.5 Å². The van der Waals surface area contributed by atoms with Gasteiger partial charge >= 0.3 is 0 Å². The number of carbonyl (C=O) groups excluding carboxylic acids is 2. The standard InChI is InChI=1S/C30H41N3O6S/c1-22-10-7-8-11-24(22)21-32(23(2)30(35)31-25-12-5-4-6-13-25)29(34)14-9-17-33(40(3,36)37)26-15-16-27-28(20-26)39-19-18-38-27/h7-8,10-11,15-16,20,23,25H,4-6,9,12-14,17-19,21H2,1-3H3,(H,31,35)/t23-/m0/s1. The number of aryl methyl sites for hydroxylation is 1. The van der Waals surface area contributed by atoms with E-state index in [1.165, 1.54) is 10.7 Å². The Kier molecular flexibility index (Phi) is 9.95. The smallest absolute Gasteiger partial charge is 0.242 e. The van der Waals surface area contributed by atoms with Crippen LogP contribution in [-0.2, 0) is 26.2 Å². The molecule has 10 heteroatoms. The molecule has 1 N–H and O–H groups in total. The minimum absolute atomic E-state index is 0.101. The van der Waals surface area contributed by atoms with Gasteiger partial charge < -0.3 is 19.7 Å². The van der Waals surface area contributed by atoms with Crippen LogP contribution in [0.5, 0.6) is 11.5 Å². The van der Waals surface area contributed by atoms with E-state index in [9.17, 15) is 18.0 Å². The predicted molar refractivity (Wildman–Crippen MR) is 155 cm³/mol. The average molecular weight is 572 g/mol. The molecule has 2 amide bonds. The molecule has 2 aromatic carbocycles. The van der Waals surface area contributed by atoms with E-state index in [0.29, 0.717) is 43.4 Å². The Hall–Kier alpha value is -3.27. The highest BCUT2D eigenvalue weighted by molar-refractivity contribution is 7.92. The van der Waals surface area contributed by atoms with E-state index in [1.807, 2.05) is 31.2 Å². The molecule has 0 aromatic heterocycles. The lowest BCUT2D eigenvalue weighted by atomic mass is 9.95. The SMILES string of the molecule is Cc1ccccc1CN(C(=O)CCCN(c1ccc2c(c1)OCCO2)S(C)(=O)=O)[C@@H](C)C(=O)NC1CCCCC1. The quantitative estimate of drug-likeness (QED) is 0.434. The monoisotopic (exact) mass is 571 g/mol. The van der Waals surface area contributed by atoms with Crippen molar-refractivity contribution < 1.29 is 27.5 Å². The van der Waals surface area contributed by atoms with Gasteiger partial charge in [0.15, 0.2) is 11.5 Å². The number of carbonyl (C=O) groups is 2. The number of rotatable bonds is 11. The largest absolute Gasteiger partial charge is 0.486 e. The van der Waals surface area contributed by atoms with Crippen LogP contribution in [-0.4, -0.2) is 63.2 Å². The third kappa shape index (κ3) is 7.68. The molecule has 1 aliphatic carbocycles. The second-order valence-electron chi connectivity index (χ2n) is 10.7. The van der Waals surface area contributed by atoms with Crippen molar-refractivity contribution in [2.75, 3.05) is 30.3 Å². The first kappa shape index (κ1) is 29.7. The van der Waals surface area contributed by atoms with E-state index < -0.39 is 16.1 Å². The Morgan fingerprint density at radius 2 is 1.73 bits per heavy atom. The molecule has 1 saturated carbocycles. The van der Waals surface area contributed by atoms with Gasteiger partial charge in [-0.05, 0) is 56.4 Å². The van der Waals surface area contributed by atoms with Gasteiger partial charge in [-0.3, -0.25) is 13.9 Å². The van der Waals surface area contributed by atoms with Crippen LogP contribution in [0.4, 0.5) is 5.69 Å². The number of amides is 2. The molecule has 40 heavy (non-hydrogen) atoms. The molecule has 0 saturated heterocycles. The van der Waals surface area contributed by atoms with Crippen molar-refractivity contribution in [1.82, 2.24) is 10.2 Å². The van der Waals surface area contributed by atoms with E-state index >= 15 is 0 Å². The highest BCUT2D eigenvalue weighted by Crippen LogP contribution is 2.34. The van der Waals surface area contributed by atoms with E-state index in [-0.39, 0.29) is 30.8 Å². The highest BCUT2D eigenvalue weighted by Gasteiger charge is 2.29. The fourth-order valence-corrected chi connectivity index (χ4v) is 6.27. The molecule has 218 valence electrons. The number of hydrogen-bond donors (Lipinski definition) is 1. The minimum Gasteiger partial charge on any atom is -0.486 e. The van der Waals surface area contributed by atoms with Crippen LogP contribution < -0.4 is 19.1 Å². The summed E-state index contributed by atoms with van der Waals surface area (Å²) in [6, 6.07) is 12.3. The molecule has 0 bridgehead atoms. The Morgan fingerprint density at radius 3 is 2.42 bits per heavy atom. The molecular formula is C30H41N3O6S. The molecule has 2 aliphatic rings. The second kappa shape index (κ2) is 13.4. The third-order valence-electron chi connectivity index (χ3n) is 7.69. The first-order valence-corrected chi connectivity index (χ1v) is 16.0. The Balaban J connectivity index is 1.46. The minimum atomic E-state index is -3.62. The molecular weight excluding hydrogens is 530 g/mol.